The average molecular weight is 1980 g/mol. The molecular weight excluding hydrogens is 1850 g/mol. The number of aryl methyl sites for hydroxylation is 4. The van der Waals surface area contributed by atoms with Gasteiger partial charge < -0.3 is 68.1 Å². The van der Waals surface area contributed by atoms with Gasteiger partial charge in [0, 0.05) is 53.3 Å². The molecule has 0 aliphatic carbocycles. The maximum absolute atomic E-state index is 12.7. The van der Waals surface area contributed by atoms with Crippen LogP contribution in [0.2, 0.25) is 15.9 Å². The summed E-state index contributed by atoms with van der Waals surface area (Å²) in [4.78, 5) is 92.0. The Morgan fingerprint density at radius 1 is 0.333 bits per heavy atom. The number of ether oxygens (including phenoxy) is 4. The van der Waals surface area contributed by atoms with E-state index in [4.69, 9.17) is 86.1 Å². The number of aliphatic carboxylic acids is 1. The summed E-state index contributed by atoms with van der Waals surface area (Å²) >= 11 is 21.0. The van der Waals surface area contributed by atoms with Gasteiger partial charge in [0.2, 0.25) is 15.9 Å². The van der Waals surface area contributed by atoms with Crippen LogP contribution < -0.4 is 98.3 Å². The van der Waals surface area contributed by atoms with Gasteiger partial charge in [0.25, 0.3) is 28.2 Å². The first-order valence-corrected chi connectivity index (χ1v) is 47.1. The van der Waals surface area contributed by atoms with Crippen molar-refractivity contribution in [3.8, 4) is 23.0 Å². The number of pyridine rings is 4. The van der Waals surface area contributed by atoms with Gasteiger partial charge in [-0.3, -0.25) is 24.0 Å². The Labute approximate surface area is 877 Å². The minimum atomic E-state index is -0.833. The molecule has 0 saturated carbocycles. The molecule has 4 N–H and O–H groups in total. The molecule has 0 saturated heterocycles. The van der Waals surface area contributed by atoms with Gasteiger partial charge in [0.15, 0.2) is 0 Å². The second-order valence-corrected chi connectivity index (χ2v) is 30.2. The van der Waals surface area contributed by atoms with E-state index in [1.807, 2.05) is 392 Å². The standard InChI is InChI=1S/4C21H21NO2.C8H5NO2.C3Cl3N3.C2H5Cl.C2H7N.C2H4O2.C2H6O.4C2H6.K/c4*1-16-13-20(24-15-19-11-7-4-8-12-19)17(2)21(23)22(16)14-18-9-5-3-6-10-18;10-7-5-3-1-2-4-6(5)8(11)9-7;4-1-7-2(5)9-3(6)8-1;2*1-2-3;1-2(3)4;1-2-3;4*1-2;/h4*3-13H,14-15H2,1-2H3;1-4H,(H,9,10,11);;2H2,1H3;2-3H2,1H3;1H3,(H,3,4);3H,2H2,1H3;4*1-2H3;/q;;;;;;;;;;;;;;+1/p-1. The van der Waals surface area contributed by atoms with Gasteiger partial charge in [-0.05, 0) is 172 Å². The number of hydrogen-bond donors (Lipinski definition) is 3. The summed E-state index contributed by atoms with van der Waals surface area (Å²) in [5.41, 5.74) is 20.7. The van der Waals surface area contributed by atoms with Gasteiger partial charge in [-0.15, -0.1) is 11.6 Å². The molecule has 27 heteroatoms. The van der Waals surface area contributed by atoms with Crippen molar-refractivity contribution in [3.05, 3.63) is 454 Å². The molecule has 22 nitrogen and oxygen atoms in total. The van der Waals surface area contributed by atoms with Gasteiger partial charge in [0.1, 0.15) is 49.4 Å². The first kappa shape index (κ1) is 124. The normalized spacial score (nSPS) is 9.90. The minimum Gasteiger partial charge on any atom is -0.587 e. The molecule has 0 unspecified atom stereocenters. The number of amides is 2. The van der Waals surface area contributed by atoms with Crippen molar-refractivity contribution >= 4 is 64.2 Å². The van der Waals surface area contributed by atoms with Crippen LogP contribution in [0.15, 0.2) is 310 Å². The quantitative estimate of drug-likeness (QED) is 0.0363. The van der Waals surface area contributed by atoms with Crippen molar-refractivity contribution in [1.29, 1.82) is 0 Å². The third kappa shape index (κ3) is 45.7. The summed E-state index contributed by atoms with van der Waals surface area (Å²) in [6.07, 6.45) is 0. The number of imide groups is 1. The van der Waals surface area contributed by atoms with Crippen molar-refractivity contribution in [2.45, 2.75) is 191 Å². The van der Waals surface area contributed by atoms with E-state index in [2.05, 4.69) is 20.3 Å². The van der Waals surface area contributed by atoms with E-state index in [1.165, 1.54) is 0 Å². The van der Waals surface area contributed by atoms with Crippen molar-refractivity contribution in [2.24, 2.45) is 5.73 Å². The average Bonchev–Trinajstić information content (AvgIpc) is 1.81. The fraction of sp³-hybridized carbons (Fsp3) is 0.279. The van der Waals surface area contributed by atoms with Crippen LogP contribution >= 0.6 is 46.4 Å². The van der Waals surface area contributed by atoms with Gasteiger partial charge in [-0.25, -0.2) is 0 Å². The van der Waals surface area contributed by atoms with E-state index >= 15 is 0 Å². The molecule has 0 fully saturated rings. The van der Waals surface area contributed by atoms with E-state index in [-0.39, 0.29) is 96.1 Å². The number of aliphatic hydroxyl groups is 1. The number of halogens is 4. The molecule has 15 rings (SSSR count). The summed E-state index contributed by atoms with van der Waals surface area (Å²) in [7, 11) is 0. The maximum atomic E-state index is 12.7. The van der Waals surface area contributed by atoms with Crippen molar-refractivity contribution < 1.29 is 94.9 Å². The van der Waals surface area contributed by atoms with Crippen LogP contribution in [0.4, 0.5) is 0 Å². The Kier molecular flexibility index (Phi) is 65.4. The van der Waals surface area contributed by atoms with Crippen LogP contribution in [0.3, 0.4) is 0 Å². The number of aromatic nitrogens is 7. The SMILES string of the molecule is CC.CC.CC.CC.CC(=O)O.CCCl.CCN.CCO.Cc1c(OCc2ccccc2)cc(C)n(Cc2ccccc2)c1=O.Cc1c(OCc2ccccc2)cc(C)n(Cc2ccccc2)c1=O.Cc1c(OCc2ccccc2)cc(C)n(Cc2ccccc2)c1=O.Cc1c(OCc2ccccc2)cc(C)n(Cc2ccccc2)c1=O.Clc1nc(Cl)nc(Cl)n1.O=C1[N-]C(=O)c2ccccc21.[K+]. The molecule has 138 heavy (non-hydrogen) atoms. The molecule has 1 aliphatic rings. The molecule has 0 atom stereocenters. The predicted molar refractivity (Wildman–Crippen MR) is 562 cm³/mol. The zero-order chi connectivity index (χ0) is 102. The van der Waals surface area contributed by atoms with Crippen LogP contribution in [0.5, 0.6) is 23.0 Å². The molecule has 9 aromatic carbocycles. The topological polar surface area (TPSA) is 295 Å². The van der Waals surface area contributed by atoms with Crippen LogP contribution in [-0.2, 0) is 57.4 Å². The number of carbonyl (C=O) groups excluding carboxylic acids is 2. The molecule has 14 aromatic rings. The number of aliphatic hydroxyl groups excluding tert-OH is 1. The van der Waals surface area contributed by atoms with E-state index < -0.39 is 17.8 Å². The van der Waals surface area contributed by atoms with Crippen molar-refractivity contribution in [2.75, 3.05) is 19.0 Å². The van der Waals surface area contributed by atoms with E-state index in [9.17, 15) is 28.8 Å². The van der Waals surface area contributed by atoms with E-state index in [1.54, 1.807) is 49.5 Å². The number of nitrogens with zero attached hydrogens (tertiary/aromatic N) is 8. The number of rotatable bonds is 20. The molecule has 0 bridgehead atoms. The minimum absolute atomic E-state index is 0. The van der Waals surface area contributed by atoms with Crippen molar-refractivity contribution in [3.63, 3.8) is 0 Å². The molecule has 5 aromatic heterocycles. The molecule has 2 amide bonds. The van der Waals surface area contributed by atoms with E-state index in [0.29, 0.717) is 109 Å². The Balaban J connectivity index is 0.000000809. The number of fused-ring (bicyclic) bond motifs is 1. The van der Waals surface area contributed by atoms with Crippen LogP contribution in [0, 0.1) is 55.4 Å². The summed E-state index contributed by atoms with van der Waals surface area (Å²) in [6.45, 7) is 42.8. The zero-order valence-corrected chi connectivity index (χ0v) is 89.7. The molecule has 730 valence electrons. The summed E-state index contributed by atoms with van der Waals surface area (Å²) < 4.78 is 30.7. The number of nitrogens with two attached hydrogens (primary N) is 1. The molecule has 0 spiro atoms. The van der Waals surface area contributed by atoms with Crippen LogP contribution in [0.25, 0.3) is 5.32 Å². The second kappa shape index (κ2) is 72.6. The summed E-state index contributed by atoms with van der Waals surface area (Å²) in [6, 6.07) is 94.3. The monoisotopic (exact) mass is 1980 g/mol. The van der Waals surface area contributed by atoms with Crippen LogP contribution in [-0.4, -0.2) is 80.2 Å². The zero-order valence-electron chi connectivity index (χ0n) is 83.5. The second-order valence-electron chi connectivity index (χ2n) is 28.6. The van der Waals surface area contributed by atoms with Crippen molar-refractivity contribution in [1.82, 2.24) is 33.2 Å². The smallest absolute Gasteiger partial charge is 0.587 e. The summed E-state index contributed by atoms with van der Waals surface area (Å²) in [5, 5.41) is 18.3. The third-order valence-corrected chi connectivity index (χ3v) is 19.1. The number of carboxylic acids is 1. The van der Waals surface area contributed by atoms with Gasteiger partial charge >= 0.3 is 51.4 Å². The van der Waals surface area contributed by atoms with E-state index in [0.717, 1.165) is 86.6 Å². The molecular formula is C111H134Cl4KN9O13. The van der Waals surface area contributed by atoms with Crippen LogP contribution in [0.1, 0.15) is 193 Å². The summed E-state index contributed by atoms with van der Waals surface area (Å²) in [5.74, 6) is 1.67. The largest absolute Gasteiger partial charge is 1.00 e. The number of alkyl halides is 1. The number of benzene rings is 9. The van der Waals surface area contributed by atoms with Gasteiger partial charge in [0.05, 0.1) is 60.2 Å². The Hall–Kier alpha value is -11.7. The Morgan fingerprint density at radius 2 is 0.478 bits per heavy atom. The number of carboxylic acid groups (broad SMARTS) is 1. The fourth-order valence-electron chi connectivity index (χ4n) is 12.1. The van der Waals surface area contributed by atoms with Gasteiger partial charge in [-0.1, -0.05) is 336 Å². The Morgan fingerprint density at radius 3 is 0.638 bits per heavy atom. The fourth-order valence-corrected chi connectivity index (χ4v) is 12.7. The number of carbonyl (C=O) groups is 3. The third-order valence-electron chi connectivity index (χ3n) is 18.6. The Bertz CT molecular complexity index is 5360. The first-order valence-electron chi connectivity index (χ1n) is 45.4. The van der Waals surface area contributed by atoms with Gasteiger partial charge in [-0.2, -0.15) is 15.0 Å². The maximum Gasteiger partial charge on any atom is 1.00 e. The predicted octanol–water partition coefficient (Wildman–Crippen LogP) is 22.0. The molecule has 6 heterocycles. The molecule has 1 aliphatic heterocycles. The molecule has 0 radical (unpaired) electrons. The number of hydrogen-bond acceptors (Lipinski definition) is 16. The first-order chi connectivity index (χ1) is 66.0.